The molecule has 0 aromatic rings. The van der Waals surface area contributed by atoms with E-state index in [0.29, 0.717) is 0 Å². The van der Waals surface area contributed by atoms with E-state index in [1.807, 2.05) is 0 Å². The van der Waals surface area contributed by atoms with Crippen LogP contribution in [0, 0.1) is 0 Å². The van der Waals surface area contributed by atoms with Gasteiger partial charge in [-0.2, -0.15) is 0 Å². The molecular weight excluding hydrogens is 360 g/mol. The Morgan fingerprint density at radius 3 is 1.43 bits per heavy atom. The minimum Gasteiger partial charge on any atom is -1.00 e. The summed E-state index contributed by atoms with van der Waals surface area (Å²) in [5.74, 6) is 0. The normalized spacial score (nSPS) is 8.29. The fourth-order valence-corrected chi connectivity index (χ4v) is 0. The molecule has 0 radical (unpaired) electrons. The SMILES string of the molecule is O=S(=O)([O-])O.[Ba+2].[I-]. The Kier molecular flexibility index (Phi) is 14.5. The monoisotopic (exact) mass is 362 g/mol. The predicted octanol–water partition coefficient (Wildman–Crippen LogP) is -4.37. The predicted molar refractivity (Wildman–Crippen MR) is 18.1 cm³/mol. The molecule has 4 nitrogen and oxygen atoms in total. The van der Waals surface area contributed by atoms with Gasteiger partial charge in [-0.25, -0.2) is 8.42 Å². The summed E-state index contributed by atoms with van der Waals surface area (Å²) in [5.41, 5.74) is 0. The van der Waals surface area contributed by atoms with Gasteiger partial charge >= 0.3 is 48.9 Å². The summed E-state index contributed by atoms with van der Waals surface area (Å²) in [6.45, 7) is 0. The zero-order chi connectivity index (χ0) is 4.50. The molecule has 0 unspecified atom stereocenters. The van der Waals surface area contributed by atoms with Crippen molar-refractivity contribution in [2.45, 2.75) is 0 Å². The Morgan fingerprint density at radius 1 is 1.43 bits per heavy atom. The van der Waals surface area contributed by atoms with Crippen LogP contribution in [0.15, 0.2) is 0 Å². The minimum absolute atomic E-state index is 0. The van der Waals surface area contributed by atoms with Gasteiger partial charge in [-0.05, 0) is 0 Å². The Labute approximate surface area is 98.7 Å². The first-order chi connectivity index (χ1) is 2.00. The molecule has 7 heavy (non-hydrogen) atoms. The van der Waals surface area contributed by atoms with Gasteiger partial charge in [0.05, 0.1) is 0 Å². The van der Waals surface area contributed by atoms with E-state index in [-0.39, 0.29) is 72.9 Å². The van der Waals surface area contributed by atoms with Gasteiger partial charge in [0, 0.05) is 0 Å². The quantitative estimate of drug-likeness (QED) is 0.205. The van der Waals surface area contributed by atoms with Crippen molar-refractivity contribution >= 4 is 59.3 Å². The van der Waals surface area contributed by atoms with E-state index in [2.05, 4.69) is 0 Å². The number of rotatable bonds is 0. The van der Waals surface area contributed by atoms with Gasteiger partial charge in [0.1, 0.15) is 0 Å². The maximum absolute atomic E-state index is 8.63. The van der Waals surface area contributed by atoms with Crippen LogP contribution >= 0.6 is 0 Å². The van der Waals surface area contributed by atoms with Crippen molar-refractivity contribution in [3.63, 3.8) is 0 Å². The molecule has 0 amide bonds. The fraction of sp³-hybridized carbons (Fsp3) is 0. The van der Waals surface area contributed by atoms with Gasteiger partial charge in [-0.15, -0.1) is 0 Å². The van der Waals surface area contributed by atoms with E-state index in [1.165, 1.54) is 0 Å². The molecule has 0 aliphatic carbocycles. The largest absolute Gasteiger partial charge is 2.00 e. The molecule has 0 aliphatic heterocycles. The van der Waals surface area contributed by atoms with E-state index < -0.39 is 10.4 Å². The van der Waals surface area contributed by atoms with Crippen molar-refractivity contribution in [1.82, 2.24) is 0 Å². The van der Waals surface area contributed by atoms with E-state index in [4.69, 9.17) is 17.5 Å². The maximum atomic E-state index is 8.63. The third-order valence-corrected chi connectivity index (χ3v) is 0. The van der Waals surface area contributed by atoms with Crippen LogP contribution in [0.25, 0.3) is 0 Å². The van der Waals surface area contributed by atoms with Gasteiger partial charge in [-0.1, -0.05) is 0 Å². The molecule has 0 atom stereocenters. The van der Waals surface area contributed by atoms with Crippen LogP contribution in [-0.4, -0.2) is 66.4 Å². The van der Waals surface area contributed by atoms with E-state index in [1.54, 1.807) is 0 Å². The van der Waals surface area contributed by atoms with E-state index >= 15 is 0 Å². The molecule has 1 N–H and O–H groups in total. The molecule has 0 aromatic carbocycles. The molecule has 0 saturated heterocycles. The van der Waals surface area contributed by atoms with E-state index in [9.17, 15) is 0 Å². The van der Waals surface area contributed by atoms with Gasteiger partial charge < -0.3 is 28.5 Å². The van der Waals surface area contributed by atoms with Gasteiger partial charge in [0.15, 0.2) is 0 Å². The Hall–Kier alpha value is 2.17. The molecule has 0 spiro atoms. The average Bonchev–Trinajstić information content (AvgIpc) is 0.722. The van der Waals surface area contributed by atoms with Crippen molar-refractivity contribution in [3.8, 4) is 0 Å². The summed E-state index contributed by atoms with van der Waals surface area (Å²) in [5, 5.41) is 0. The second-order valence-corrected chi connectivity index (χ2v) is 1.28. The second-order valence-electron chi connectivity index (χ2n) is 0.428. The minimum atomic E-state index is -4.92. The zero-order valence-electron chi connectivity index (χ0n) is 3.17. The summed E-state index contributed by atoms with van der Waals surface area (Å²) in [6.07, 6.45) is 0. The Bertz CT molecular complexity index is 94.9. The van der Waals surface area contributed by atoms with Crippen molar-refractivity contribution in [3.05, 3.63) is 0 Å². The van der Waals surface area contributed by atoms with Crippen LogP contribution in [0.2, 0.25) is 0 Å². The summed E-state index contributed by atoms with van der Waals surface area (Å²) in [4.78, 5) is 0. The van der Waals surface area contributed by atoms with Crippen molar-refractivity contribution in [1.29, 1.82) is 0 Å². The van der Waals surface area contributed by atoms with Crippen LogP contribution in [0.1, 0.15) is 0 Å². The van der Waals surface area contributed by atoms with Crippen molar-refractivity contribution in [2.24, 2.45) is 0 Å². The molecule has 40 valence electrons. The molecule has 7 heteroatoms. The first-order valence-corrected chi connectivity index (χ1v) is 2.05. The first kappa shape index (κ1) is 16.1. The van der Waals surface area contributed by atoms with Crippen LogP contribution in [0.5, 0.6) is 0 Å². The van der Waals surface area contributed by atoms with Crippen molar-refractivity contribution < 1.29 is 41.5 Å². The smallest absolute Gasteiger partial charge is 1.00 e. The summed E-state index contributed by atoms with van der Waals surface area (Å²) in [7, 11) is -4.92. The molecule has 0 aromatic heterocycles. The second kappa shape index (κ2) is 6.29. The summed E-state index contributed by atoms with van der Waals surface area (Å²) < 4.78 is 32.8. The Balaban J connectivity index is -0.0000000800. The summed E-state index contributed by atoms with van der Waals surface area (Å²) >= 11 is 0. The van der Waals surface area contributed by atoms with Crippen LogP contribution in [0.3, 0.4) is 0 Å². The van der Waals surface area contributed by atoms with E-state index in [0.717, 1.165) is 0 Å². The fourth-order valence-electron chi connectivity index (χ4n) is 0. The number of hydrogen-bond donors (Lipinski definition) is 1. The molecule has 0 aliphatic rings. The zero-order valence-corrected chi connectivity index (χ0v) is 10.6. The van der Waals surface area contributed by atoms with Crippen LogP contribution in [-0.2, 0) is 10.4 Å². The maximum Gasteiger partial charge on any atom is 2.00 e. The van der Waals surface area contributed by atoms with Gasteiger partial charge in [-0.3, -0.25) is 4.55 Å². The van der Waals surface area contributed by atoms with Gasteiger partial charge in [0.2, 0.25) is 10.4 Å². The number of hydrogen-bond acceptors (Lipinski definition) is 3. The number of halogens is 1. The first-order valence-electron chi connectivity index (χ1n) is 0.683. The average molecular weight is 361 g/mol. The van der Waals surface area contributed by atoms with Crippen molar-refractivity contribution in [2.75, 3.05) is 0 Å². The van der Waals surface area contributed by atoms with Gasteiger partial charge in [0.25, 0.3) is 0 Å². The third-order valence-electron chi connectivity index (χ3n) is 0. The molecule has 0 heterocycles. The molecule has 0 rings (SSSR count). The standard InChI is InChI=1S/Ba.HI.H2O4S/c;;1-5(2,3)4/h;1H;(H2,1,2,3,4)/q+2;;/p-2. The topological polar surface area (TPSA) is 77.4 Å². The molecule has 0 bridgehead atoms. The van der Waals surface area contributed by atoms with Crippen LogP contribution < -0.4 is 24.0 Å². The Morgan fingerprint density at radius 2 is 1.43 bits per heavy atom. The summed E-state index contributed by atoms with van der Waals surface area (Å²) in [6, 6.07) is 0. The molecule has 0 fully saturated rings. The van der Waals surface area contributed by atoms with Crippen LogP contribution in [0.4, 0.5) is 0 Å². The molecular formula is HBaIO4S. The third kappa shape index (κ3) is 66.0. The molecule has 0 saturated carbocycles.